The zero-order valence-electron chi connectivity index (χ0n) is 19.1. The van der Waals surface area contributed by atoms with Crippen molar-refractivity contribution in [2.24, 2.45) is 0 Å². The number of rotatable bonds is 5. The third kappa shape index (κ3) is 4.06. The summed E-state index contributed by atoms with van der Waals surface area (Å²) in [7, 11) is 1.49. The van der Waals surface area contributed by atoms with Gasteiger partial charge in [-0.15, -0.1) is 0 Å². The molecule has 2 aliphatic rings. The zero-order valence-corrected chi connectivity index (χ0v) is 19.1. The summed E-state index contributed by atoms with van der Waals surface area (Å²) in [6, 6.07) is 5.45. The van der Waals surface area contributed by atoms with Gasteiger partial charge >= 0.3 is 6.09 Å². The smallest absolute Gasteiger partial charge is 0.409 e. The van der Waals surface area contributed by atoms with Crippen LogP contribution in [0, 0.1) is 6.92 Å². The number of carbonyl (C=O) groups is 1. The van der Waals surface area contributed by atoms with Crippen molar-refractivity contribution in [3.05, 3.63) is 42.1 Å². The van der Waals surface area contributed by atoms with Crippen LogP contribution in [0.1, 0.15) is 43.1 Å². The van der Waals surface area contributed by atoms with E-state index in [0.717, 1.165) is 54.0 Å². The summed E-state index contributed by atoms with van der Waals surface area (Å²) in [5.41, 5.74) is 3.63. The molecular formula is C24H27F2N5O3. The Bertz CT molecular complexity index is 1230. The molecule has 1 saturated heterocycles. The van der Waals surface area contributed by atoms with Crippen LogP contribution in [-0.4, -0.2) is 62.6 Å². The molecule has 8 nitrogen and oxygen atoms in total. The van der Waals surface area contributed by atoms with E-state index in [1.54, 1.807) is 18.3 Å². The molecule has 0 spiro atoms. The number of amides is 1. The summed E-state index contributed by atoms with van der Waals surface area (Å²) < 4.78 is 34.1. The van der Waals surface area contributed by atoms with Crippen LogP contribution in [0.25, 0.3) is 16.8 Å². The van der Waals surface area contributed by atoms with Crippen molar-refractivity contribution >= 4 is 17.3 Å². The maximum absolute atomic E-state index is 13.3. The van der Waals surface area contributed by atoms with Crippen molar-refractivity contribution in [3.63, 3.8) is 0 Å². The van der Waals surface area contributed by atoms with Gasteiger partial charge in [-0.1, -0.05) is 6.07 Å². The van der Waals surface area contributed by atoms with E-state index in [9.17, 15) is 13.6 Å². The van der Waals surface area contributed by atoms with Crippen LogP contribution >= 0.6 is 0 Å². The number of aromatic nitrogens is 3. The Labute approximate surface area is 195 Å². The van der Waals surface area contributed by atoms with Crippen LogP contribution in [0.3, 0.4) is 0 Å². The molecule has 0 atom stereocenters. The molecule has 10 heteroatoms. The molecule has 1 aromatic carbocycles. The Morgan fingerprint density at radius 3 is 2.62 bits per heavy atom. The number of fused-ring (bicyclic) bond motifs is 1. The highest BCUT2D eigenvalue weighted by Crippen LogP contribution is 2.41. The van der Waals surface area contributed by atoms with E-state index >= 15 is 0 Å². The fourth-order valence-corrected chi connectivity index (χ4v) is 5.27. The number of likely N-dealkylation sites (tertiary alicyclic amines) is 1. The van der Waals surface area contributed by atoms with Gasteiger partial charge < -0.3 is 9.84 Å². The van der Waals surface area contributed by atoms with Crippen LogP contribution in [-0.2, 0) is 0 Å². The number of alkyl halides is 2. The van der Waals surface area contributed by atoms with E-state index < -0.39 is 12.0 Å². The second-order valence-electron chi connectivity index (χ2n) is 9.16. The fourth-order valence-electron chi connectivity index (χ4n) is 5.27. The minimum atomic E-state index is -2.54. The first kappa shape index (κ1) is 22.5. The largest absolute Gasteiger partial charge is 0.495 e. The number of aryl methyl sites for hydroxylation is 1. The number of ether oxygens (including phenoxy) is 1. The molecule has 5 rings (SSSR count). The first-order valence-corrected chi connectivity index (χ1v) is 11.4. The van der Waals surface area contributed by atoms with Crippen LogP contribution < -0.4 is 10.1 Å². The van der Waals surface area contributed by atoms with Gasteiger partial charge in [-0.05, 0) is 44.7 Å². The van der Waals surface area contributed by atoms with Crippen LogP contribution in [0.4, 0.5) is 19.3 Å². The molecule has 0 bridgehead atoms. The Hall–Kier alpha value is -3.27. The summed E-state index contributed by atoms with van der Waals surface area (Å²) in [5.74, 6) is -0.979. The third-order valence-corrected chi connectivity index (χ3v) is 6.93. The average molecular weight is 472 g/mol. The van der Waals surface area contributed by atoms with E-state index in [1.807, 2.05) is 24.1 Å². The van der Waals surface area contributed by atoms with Gasteiger partial charge in [-0.3, -0.25) is 19.6 Å². The second kappa shape index (κ2) is 8.50. The highest BCUT2D eigenvalue weighted by atomic mass is 19.3. The van der Waals surface area contributed by atoms with Crippen LogP contribution in [0.15, 0.2) is 30.6 Å². The van der Waals surface area contributed by atoms with Crippen LogP contribution in [0.2, 0.25) is 0 Å². The fraction of sp³-hybridized carbons (Fsp3) is 0.458. The van der Waals surface area contributed by atoms with E-state index in [4.69, 9.17) is 14.8 Å². The monoisotopic (exact) mass is 471 g/mol. The number of methoxy groups -OCH3 is 1. The van der Waals surface area contributed by atoms with Gasteiger partial charge in [-0.25, -0.2) is 18.6 Å². The minimum absolute atomic E-state index is 0.127. The molecule has 0 unspecified atom stereocenters. The van der Waals surface area contributed by atoms with Crippen molar-refractivity contribution in [3.8, 4) is 17.0 Å². The molecule has 1 amide bonds. The molecule has 3 aromatic rings. The molecule has 2 N–H and O–H groups in total. The lowest BCUT2D eigenvalue weighted by Crippen LogP contribution is -2.60. The number of benzene rings is 1. The maximum Gasteiger partial charge on any atom is 0.409 e. The molecule has 1 aliphatic carbocycles. The van der Waals surface area contributed by atoms with E-state index in [-0.39, 0.29) is 25.0 Å². The minimum Gasteiger partial charge on any atom is -0.495 e. The zero-order chi connectivity index (χ0) is 24.0. The molecule has 1 aliphatic heterocycles. The number of nitrogens with one attached hydrogen (secondary N) is 1. The lowest BCUT2D eigenvalue weighted by atomic mass is 9.83. The first-order valence-electron chi connectivity index (χ1n) is 11.4. The van der Waals surface area contributed by atoms with Gasteiger partial charge in [0.2, 0.25) is 0 Å². The summed E-state index contributed by atoms with van der Waals surface area (Å²) >= 11 is 0. The summed E-state index contributed by atoms with van der Waals surface area (Å²) in [5, 5.41) is 11.4. The highest BCUT2D eigenvalue weighted by Gasteiger charge is 2.47. The van der Waals surface area contributed by atoms with Crippen molar-refractivity contribution in [2.45, 2.75) is 50.5 Å². The Kier molecular flexibility index (Phi) is 5.63. The van der Waals surface area contributed by atoms with Gasteiger partial charge in [0.05, 0.1) is 42.8 Å². The average Bonchev–Trinajstić information content (AvgIpc) is 3.18. The second-order valence-corrected chi connectivity index (χ2v) is 9.16. The standard InChI is InChI=1S/C24H27F2N5O3/c1-14-21-20(16-5-8-18(28-23(32)33)19(11-16)34-2)29-22(31(21)10-9-27-14)15-3-6-17(7-4-15)30-12-24(25,26)13-30/h5,8-11,15,17,28H,3-4,6-7,12-13H2,1-2H3,(H,32,33). The molecule has 3 heterocycles. The normalized spacial score (nSPS) is 22.4. The topological polar surface area (TPSA) is 92.0 Å². The van der Waals surface area contributed by atoms with Gasteiger partial charge in [0.25, 0.3) is 5.92 Å². The Morgan fingerprint density at radius 1 is 1.24 bits per heavy atom. The first-order chi connectivity index (χ1) is 16.3. The van der Waals surface area contributed by atoms with Crippen molar-refractivity contribution in [1.82, 2.24) is 19.3 Å². The SMILES string of the molecule is COc1cc(-c2nc(C3CCC(N4CC(F)(F)C4)CC3)n3ccnc(C)c23)ccc1NC(=O)O. The lowest BCUT2D eigenvalue weighted by Gasteiger charge is -2.46. The van der Waals surface area contributed by atoms with Gasteiger partial charge in [0.1, 0.15) is 11.6 Å². The molecular weight excluding hydrogens is 444 g/mol. The molecule has 0 radical (unpaired) electrons. The van der Waals surface area contributed by atoms with Crippen LogP contribution in [0.5, 0.6) is 5.75 Å². The summed E-state index contributed by atoms with van der Waals surface area (Å²) in [6.45, 7) is 1.68. The Balaban J connectivity index is 1.46. The van der Waals surface area contributed by atoms with E-state index in [1.165, 1.54) is 7.11 Å². The maximum atomic E-state index is 13.3. The number of hydrogen-bond donors (Lipinski definition) is 2. The summed E-state index contributed by atoms with van der Waals surface area (Å²) in [4.78, 5) is 22.5. The molecule has 1 saturated carbocycles. The highest BCUT2D eigenvalue weighted by molar-refractivity contribution is 5.88. The summed E-state index contributed by atoms with van der Waals surface area (Å²) in [6.07, 6.45) is 6.02. The molecule has 34 heavy (non-hydrogen) atoms. The van der Waals surface area contributed by atoms with Gasteiger partial charge in [0, 0.05) is 29.9 Å². The third-order valence-electron chi connectivity index (χ3n) is 6.93. The number of hydrogen-bond acceptors (Lipinski definition) is 5. The van der Waals surface area contributed by atoms with Gasteiger partial charge in [0.15, 0.2) is 0 Å². The number of nitrogens with zero attached hydrogens (tertiary/aromatic N) is 4. The predicted molar refractivity (Wildman–Crippen MR) is 123 cm³/mol. The van der Waals surface area contributed by atoms with E-state index in [2.05, 4.69) is 14.7 Å². The number of halogens is 2. The number of anilines is 1. The lowest BCUT2D eigenvalue weighted by molar-refractivity contribution is -0.150. The van der Waals surface area contributed by atoms with Crippen molar-refractivity contribution in [2.75, 3.05) is 25.5 Å². The quantitative estimate of drug-likeness (QED) is 0.557. The predicted octanol–water partition coefficient (Wildman–Crippen LogP) is 4.78. The molecule has 2 aromatic heterocycles. The number of imidazole rings is 1. The number of carboxylic acid groups (broad SMARTS) is 1. The Morgan fingerprint density at radius 2 is 1.97 bits per heavy atom. The van der Waals surface area contributed by atoms with Crippen molar-refractivity contribution < 1.29 is 23.4 Å². The van der Waals surface area contributed by atoms with Gasteiger partial charge in [-0.2, -0.15) is 0 Å². The molecule has 180 valence electrons. The molecule has 2 fully saturated rings. The van der Waals surface area contributed by atoms with E-state index in [0.29, 0.717) is 11.4 Å². The van der Waals surface area contributed by atoms with Crippen molar-refractivity contribution in [1.29, 1.82) is 0 Å².